The first-order chi connectivity index (χ1) is 8.16. The van der Waals surface area contributed by atoms with Gasteiger partial charge in [0.2, 0.25) is 0 Å². The van der Waals surface area contributed by atoms with Gasteiger partial charge in [0.1, 0.15) is 0 Å². The number of anilines is 2. The molecular formula is C13H15IN2S. The van der Waals surface area contributed by atoms with Crippen LogP contribution in [0.1, 0.15) is 4.88 Å². The maximum Gasteiger partial charge on any atom is 0.0500 e. The number of hydrogen-bond donors (Lipinski definition) is 1. The zero-order valence-electron chi connectivity index (χ0n) is 9.69. The molecule has 0 bridgehead atoms. The van der Waals surface area contributed by atoms with Crippen LogP contribution in [0.3, 0.4) is 0 Å². The molecule has 2 nitrogen and oxygen atoms in total. The minimum absolute atomic E-state index is 0.824. The van der Waals surface area contributed by atoms with Crippen LogP contribution in [0.5, 0.6) is 0 Å². The van der Waals surface area contributed by atoms with Crippen molar-refractivity contribution in [3.8, 4) is 0 Å². The van der Waals surface area contributed by atoms with E-state index in [-0.39, 0.29) is 0 Å². The summed E-state index contributed by atoms with van der Waals surface area (Å²) < 4.78 is 1.20. The molecule has 0 saturated heterocycles. The number of rotatable bonds is 4. The second-order valence-electron chi connectivity index (χ2n) is 3.96. The predicted molar refractivity (Wildman–Crippen MR) is 84.9 cm³/mol. The summed E-state index contributed by atoms with van der Waals surface area (Å²) in [5.74, 6) is 0. The van der Waals surface area contributed by atoms with Crippen LogP contribution in [0.15, 0.2) is 35.7 Å². The van der Waals surface area contributed by atoms with E-state index in [1.54, 1.807) is 0 Å². The smallest absolute Gasteiger partial charge is 0.0500 e. The fraction of sp³-hybridized carbons (Fsp3) is 0.231. The number of thiophene rings is 1. The average Bonchev–Trinajstić information content (AvgIpc) is 2.78. The number of nitrogens with zero attached hydrogens (tertiary/aromatic N) is 1. The number of hydrogen-bond acceptors (Lipinski definition) is 3. The van der Waals surface area contributed by atoms with E-state index in [2.05, 4.69) is 58.1 Å². The predicted octanol–water partition coefficient (Wildman–Crippen LogP) is 3.61. The van der Waals surface area contributed by atoms with Crippen molar-refractivity contribution >= 4 is 45.3 Å². The van der Waals surface area contributed by atoms with Gasteiger partial charge in [0, 0.05) is 27.7 Å². The molecule has 4 heteroatoms. The highest BCUT2D eigenvalue weighted by molar-refractivity contribution is 14.1. The molecule has 0 aliphatic carbocycles. The third-order valence-corrected chi connectivity index (χ3v) is 4.46. The lowest BCUT2D eigenvalue weighted by molar-refractivity contribution is 0.885. The molecule has 0 amide bonds. The summed E-state index contributed by atoms with van der Waals surface area (Å²) in [6.45, 7) is 1.03. The standard InChI is InChI=1S/C13H15IN2S/c1-16(7-6-11-3-2-8-17-11)13-5-4-10(15)9-12(13)14/h2-5,8-9H,6-7,15H2,1H3. The zero-order valence-corrected chi connectivity index (χ0v) is 12.7. The molecule has 0 atom stereocenters. The minimum Gasteiger partial charge on any atom is -0.399 e. The summed E-state index contributed by atoms with van der Waals surface area (Å²) in [5, 5.41) is 2.13. The summed E-state index contributed by atoms with van der Waals surface area (Å²) in [7, 11) is 2.13. The molecule has 0 aliphatic heterocycles. The summed E-state index contributed by atoms with van der Waals surface area (Å²) in [4.78, 5) is 3.71. The fourth-order valence-electron chi connectivity index (χ4n) is 1.69. The van der Waals surface area contributed by atoms with Crippen molar-refractivity contribution in [1.82, 2.24) is 0 Å². The molecule has 1 aromatic carbocycles. The van der Waals surface area contributed by atoms with E-state index in [1.807, 2.05) is 23.5 Å². The molecule has 0 unspecified atom stereocenters. The SMILES string of the molecule is CN(CCc1cccs1)c1ccc(N)cc1I. The van der Waals surface area contributed by atoms with Crippen molar-refractivity contribution in [1.29, 1.82) is 0 Å². The highest BCUT2D eigenvalue weighted by Gasteiger charge is 2.06. The van der Waals surface area contributed by atoms with Gasteiger partial charge in [-0.3, -0.25) is 0 Å². The lowest BCUT2D eigenvalue weighted by Crippen LogP contribution is -2.20. The van der Waals surface area contributed by atoms with E-state index in [1.165, 1.54) is 14.1 Å². The number of nitrogen functional groups attached to an aromatic ring is 1. The summed E-state index contributed by atoms with van der Waals surface area (Å²) in [6, 6.07) is 10.3. The topological polar surface area (TPSA) is 29.3 Å². The van der Waals surface area contributed by atoms with Gasteiger partial charge in [-0.25, -0.2) is 0 Å². The Morgan fingerprint density at radius 1 is 1.35 bits per heavy atom. The Bertz CT molecular complexity index is 482. The number of nitrogens with two attached hydrogens (primary N) is 1. The average molecular weight is 358 g/mol. The van der Waals surface area contributed by atoms with Crippen molar-refractivity contribution in [2.24, 2.45) is 0 Å². The van der Waals surface area contributed by atoms with Crippen LogP contribution in [0.25, 0.3) is 0 Å². The van der Waals surface area contributed by atoms with E-state index >= 15 is 0 Å². The number of benzene rings is 1. The van der Waals surface area contributed by atoms with Crippen molar-refractivity contribution < 1.29 is 0 Å². The minimum atomic E-state index is 0.824. The Labute approximate surface area is 120 Å². The third kappa shape index (κ3) is 3.35. The Morgan fingerprint density at radius 2 is 2.18 bits per heavy atom. The molecule has 0 saturated carbocycles. The lowest BCUT2D eigenvalue weighted by atomic mass is 10.2. The molecular weight excluding hydrogens is 343 g/mol. The van der Waals surface area contributed by atoms with Crippen LogP contribution in [-0.2, 0) is 6.42 Å². The fourth-order valence-corrected chi connectivity index (χ4v) is 3.34. The Hall–Kier alpha value is -0.750. The molecule has 0 aliphatic rings. The summed E-state index contributed by atoms with van der Waals surface area (Å²) in [6.07, 6.45) is 1.09. The van der Waals surface area contributed by atoms with Gasteiger partial charge in [0.25, 0.3) is 0 Å². The van der Waals surface area contributed by atoms with Gasteiger partial charge >= 0.3 is 0 Å². The lowest BCUT2D eigenvalue weighted by Gasteiger charge is -2.20. The first-order valence-corrected chi connectivity index (χ1v) is 7.41. The van der Waals surface area contributed by atoms with E-state index in [9.17, 15) is 0 Å². The van der Waals surface area contributed by atoms with Gasteiger partial charge < -0.3 is 10.6 Å². The monoisotopic (exact) mass is 358 g/mol. The molecule has 0 fully saturated rings. The van der Waals surface area contributed by atoms with Crippen molar-refractivity contribution in [2.75, 3.05) is 24.2 Å². The molecule has 1 heterocycles. The van der Waals surface area contributed by atoms with Crippen LogP contribution in [0.4, 0.5) is 11.4 Å². The van der Waals surface area contributed by atoms with E-state index in [0.717, 1.165) is 18.7 Å². The van der Waals surface area contributed by atoms with Crippen LogP contribution < -0.4 is 10.6 Å². The van der Waals surface area contributed by atoms with Gasteiger partial charge in [-0.1, -0.05) is 6.07 Å². The van der Waals surface area contributed by atoms with Gasteiger partial charge in [0.05, 0.1) is 5.69 Å². The highest BCUT2D eigenvalue weighted by atomic mass is 127. The first-order valence-electron chi connectivity index (χ1n) is 5.45. The molecule has 2 N–H and O–H groups in total. The molecule has 90 valence electrons. The highest BCUT2D eigenvalue weighted by Crippen LogP contribution is 2.24. The number of likely N-dealkylation sites (N-methyl/N-ethyl adjacent to an activating group) is 1. The Balaban J connectivity index is 2.01. The van der Waals surface area contributed by atoms with Gasteiger partial charge in [-0.2, -0.15) is 0 Å². The van der Waals surface area contributed by atoms with Gasteiger partial charge in [0.15, 0.2) is 0 Å². The maximum atomic E-state index is 5.76. The Morgan fingerprint density at radius 3 is 2.82 bits per heavy atom. The van der Waals surface area contributed by atoms with E-state index in [4.69, 9.17) is 5.73 Å². The van der Waals surface area contributed by atoms with E-state index in [0.29, 0.717) is 0 Å². The van der Waals surface area contributed by atoms with E-state index < -0.39 is 0 Å². The van der Waals surface area contributed by atoms with Gasteiger partial charge in [-0.15, -0.1) is 11.3 Å². The molecule has 2 rings (SSSR count). The number of halogens is 1. The van der Waals surface area contributed by atoms with Crippen LogP contribution in [-0.4, -0.2) is 13.6 Å². The third-order valence-electron chi connectivity index (χ3n) is 2.66. The van der Waals surface area contributed by atoms with Crippen molar-refractivity contribution in [2.45, 2.75) is 6.42 Å². The normalized spacial score (nSPS) is 10.5. The molecule has 2 aromatic rings. The second-order valence-corrected chi connectivity index (χ2v) is 6.16. The van der Waals surface area contributed by atoms with Crippen molar-refractivity contribution in [3.63, 3.8) is 0 Å². The largest absolute Gasteiger partial charge is 0.399 e. The van der Waals surface area contributed by atoms with Crippen LogP contribution in [0, 0.1) is 3.57 Å². The second kappa shape index (κ2) is 5.73. The zero-order chi connectivity index (χ0) is 12.3. The van der Waals surface area contributed by atoms with Crippen LogP contribution in [0.2, 0.25) is 0 Å². The van der Waals surface area contributed by atoms with Crippen LogP contribution >= 0.6 is 33.9 Å². The first kappa shape index (κ1) is 12.7. The summed E-state index contributed by atoms with van der Waals surface area (Å²) >= 11 is 4.15. The molecule has 0 radical (unpaired) electrons. The maximum absolute atomic E-state index is 5.76. The van der Waals surface area contributed by atoms with Crippen molar-refractivity contribution in [3.05, 3.63) is 44.2 Å². The molecule has 17 heavy (non-hydrogen) atoms. The Kier molecular flexibility index (Phi) is 4.28. The van der Waals surface area contributed by atoms with Gasteiger partial charge in [-0.05, 0) is 58.7 Å². The molecule has 0 spiro atoms. The molecule has 1 aromatic heterocycles. The summed E-state index contributed by atoms with van der Waals surface area (Å²) in [5.41, 5.74) is 7.83. The quantitative estimate of drug-likeness (QED) is 0.668.